The van der Waals surface area contributed by atoms with E-state index in [2.05, 4.69) is 10.5 Å². The van der Waals surface area contributed by atoms with Crippen LogP contribution in [0.15, 0.2) is 5.10 Å². The minimum atomic E-state index is -1.12. The van der Waals surface area contributed by atoms with Gasteiger partial charge in [0.1, 0.15) is 0 Å². The van der Waals surface area contributed by atoms with E-state index < -0.39 is 11.1 Å². The summed E-state index contributed by atoms with van der Waals surface area (Å²) in [6.45, 7) is 2.06. The zero-order chi connectivity index (χ0) is 9.98. The van der Waals surface area contributed by atoms with Crippen LogP contribution in [0.2, 0.25) is 0 Å². The van der Waals surface area contributed by atoms with Crippen LogP contribution in [0.5, 0.6) is 0 Å². The van der Waals surface area contributed by atoms with E-state index in [1.807, 2.05) is 5.10 Å². The molecule has 0 aromatic rings. The van der Waals surface area contributed by atoms with Crippen molar-refractivity contribution in [3.8, 4) is 0 Å². The maximum atomic E-state index is 9.60. The highest BCUT2D eigenvalue weighted by molar-refractivity contribution is 5.64. The number of primary amides is 1. The molecular formula is C4H7N3O5. The van der Waals surface area contributed by atoms with Gasteiger partial charge in [-0.1, -0.05) is 0 Å². The number of ether oxygens (including phenoxy) is 1. The van der Waals surface area contributed by atoms with Gasteiger partial charge in [0.05, 0.1) is 6.61 Å². The summed E-state index contributed by atoms with van der Waals surface area (Å²) in [5.74, 6) is 0. The van der Waals surface area contributed by atoms with Gasteiger partial charge in [-0.2, -0.15) is 0 Å². The summed E-state index contributed by atoms with van der Waals surface area (Å²) in [6, 6.07) is 0. The van der Waals surface area contributed by atoms with Crippen molar-refractivity contribution in [1.29, 1.82) is 0 Å². The molecule has 0 aliphatic carbocycles. The van der Waals surface area contributed by atoms with Gasteiger partial charge in [0.15, 0.2) is 5.10 Å². The molecular weight excluding hydrogens is 170 g/mol. The molecule has 0 bridgehead atoms. The van der Waals surface area contributed by atoms with Gasteiger partial charge in [-0.25, -0.2) is 19.7 Å². The van der Waals surface area contributed by atoms with Crippen molar-refractivity contribution in [3.63, 3.8) is 0 Å². The highest BCUT2D eigenvalue weighted by atomic mass is 16.7. The fourth-order valence-electron chi connectivity index (χ4n) is 0.176. The molecule has 12 heavy (non-hydrogen) atoms. The Bertz CT molecular complexity index is 197. The van der Waals surface area contributed by atoms with Crippen LogP contribution in [0.3, 0.4) is 0 Å². The normalized spacial score (nSPS) is 6.75. The molecule has 0 atom stereocenters. The Labute approximate surface area is 67.1 Å². The van der Waals surface area contributed by atoms with Crippen molar-refractivity contribution in [3.05, 3.63) is 10.1 Å². The summed E-state index contributed by atoms with van der Waals surface area (Å²) in [5.41, 5.74) is 4.54. The number of nitrogens with two attached hydrogens (primary N) is 1. The van der Waals surface area contributed by atoms with E-state index in [0.29, 0.717) is 6.61 Å². The Hall–Kier alpha value is -1.95. The molecule has 2 N–H and O–H groups in total. The second-order valence-corrected chi connectivity index (χ2v) is 1.18. The van der Waals surface area contributed by atoms with E-state index in [9.17, 15) is 4.79 Å². The minimum Gasteiger partial charge on any atom is -0.450 e. The molecule has 0 radical (unpaired) electrons. The predicted octanol–water partition coefficient (Wildman–Crippen LogP) is -0.384. The minimum absolute atomic E-state index is 0.356. The molecule has 0 saturated heterocycles. The van der Waals surface area contributed by atoms with Crippen molar-refractivity contribution in [1.82, 2.24) is 0 Å². The molecule has 0 rings (SSSR count). The average Bonchev–Trinajstić information content (AvgIpc) is 1.87. The fourth-order valence-corrected chi connectivity index (χ4v) is 0.176. The maximum Gasteiger partial charge on any atom is 0.404 e. The summed E-state index contributed by atoms with van der Waals surface area (Å²) in [6.07, 6.45) is 0.0324. The lowest BCUT2D eigenvalue weighted by molar-refractivity contribution is -0.484. The van der Waals surface area contributed by atoms with Crippen LogP contribution < -0.4 is 5.73 Å². The molecule has 0 aliphatic rings. The van der Waals surface area contributed by atoms with Crippen molar-refractivity contribution >= 4 is 12.2 Å². The van der Waals surface area contributed by atoms with Crippen LogP contribution in [0.1, 0.15) is 6.92 Å². The third-order valence-corrected chi connectivity index (χ3v) is 0.409. The summed E-state index contributed by atoms with van der Waals surface area (Å²) < 4.78 is 4.18. The van der Waals surface area contributed by atoms with Crippen LogP contribution in [0.25, 0.3) is 0 Å². The monoisotopic (exact) mass is 177 g/mol. The summed E-state index contributed by atoms with van der Waals surface area (Å²) in [7, 11) is 0. The number of amides is 1. The quantitative estimate of drug-likeness (QED) is 0.266. The summed E-state index contributed by atoms with van der Waals surface area (Å²) in [5, 5.41) is 9.90. The lowest BCUT2D eigenvalue weighted by atomic mass is 10.9. The van der Waals surface area contributed by atoms with Gasteiger partial charge in [0.2, 0.25) is 5.03 Å². The van der Waals surface area contributed by atoms with Gasteiger partial charge in [-0.3, -0.25) is 0 Å². The smallest absolute Gasteiger partial charge is 0.404 e. The Balaban J connectivity index is 0. The van der Waals surface area contributed by atoms with E-state index in [4.69, 9.17) is 14.9 Å². The number of carbonyl (C=O) groups excluding carboxylic acids is 2. The van der Waals surface area contributed by atoms with Crippen molar-refractivity contribution in [2.75, 3.05) is 6.61 Å². The Morgan fingerprint density at radius 2 is 2.33 bits per heavy atom. The summed E-state index contributed by atoms with van der Waals surface area (Å²) >= 11 is 0. The van der Waals surface area contributed by atoms with E-state index in [1.165, 1.54) is 0 Å². The van der Waals surface area contributed by atoms with E-state index in [-0.39, 0.29) is 0 Å². The number of isocyanates is 1. The molecule has 0 aliphatic heterocycles. The molecule has 1 amide bonds. The standard InChI is InChI=1S/C3H7NO2.CN2O3/c1-2-6-3(4)5;4-1-2-3(5)6/h2H2,1H3,(H2,4,5);. The molecule has 0 aromatic carbocycles. The first kappa shape index (κ1) is 12.7. The van der Waals surface area contributed by atoms with E-state index >= 15 is 0 Å². The summed E-state index contributed by atoms with van der Waals surface area (Å²) in [4.78, 5) is 27.5. The third kappa shape index (κ3) is 24.4. The zero-order valence-electron chi connectivity index (χ0n) is 6.22. The van der Waals surface area contributed by atoms with Crippen molar-refractivity contribution < 1.29 is 19.4 Å². The molecule has 0 saturated carbocycles. The van der Waals surface area contributed by atoms with Crippen LogP contribution >= 0.6 is 0 Å². The van der Waals surface area contributed by atoms with Crippen LogP contribution in [0.4, 0.5) is 4.79 Å². The van der Waals surface area contributed by atoms with Crippen LogP contribution in [0, 0.1) is 10.1 Å². The van der Waals surface area contributed by atoms with Gasteiger partial charge >= 0.3 is 12.2 Å². The van der Waals surface area contributed by atoms with Gasteiger partial charge < -0.3 is 10.5 Å². The molecule has 0 spiro atoms. The fraction of sp³-hybridized carbons (Fsp3) is 0.500. The van der Waals surface area contributed by atoms with Crippen LogP contribution in [-0.2, 0) is 9.53 Å². The molecule has 8 heteroatoms. The second-order valence-electron chi connectivity index (χ2n) is 1.18. The predicted molar refractivity (Wildman–Crippen MR) is 36.3 cm³/mol. The lowest BCUT2D eigenvalue weighted by Crippen LogP contribution is -2.11. The zero-order valence-corrected chi connectivity index (χ0v) is 6.22. The number of rotatable bonds is 2. The van der Waals surface area contributed by atoms with E-state index in [1.54, 1.807) is 6.92 Å². The first-order valence-corrected chi connectivity index (χ1v) is 2.69. The average molecular weight is 177 g/mol. The Morgan fingerprint density at radius 3 is 2.33 bits per heavy atom. The maximum absolute atomic E-state index is 9.60. The van der Waals surface area contributed by atoms with Gasteiger partial charge in [-0.15, -0.1) is 0 Å². The van der Waals surface area contributed by atoms with E-state index in [0.717, 1.165) is 6.08 Å². The number of hydrogen-bond acceptors (Lipinski definition) is 5. The molecule has 8 nitrogen and oxygen atoms in total. The Morgan fingerprint density at radius 1 is 1.83 bits per heavy atom. The van der Waals surface area contributed by atoms with Gasteiger partial charge in [-0.05, 0) is 6.92 Å². The molecule has 68 valence electrons. The molecule has 0 aromatic heterocycles. The second kappa shape index (κ2) is 9.05. The van der Waals surface area contributed by atoms with Crippen LogP contribution in [-0.4, -0.2) is 23.8 Å². The first-order chi connectivity index (χ1) is 5.54. The highest BCUT2D eigenvalue weighted by Crippen LogP contribution is 1.66. The molecule has 0 unspecified atom stereocenters. The SMILES string of the molecule is CCOC(N)=O.O=C=N[N+](=O)[O-]. The molecule has 0 fully saturated rings. The topological polar surface area (TPSA) is 125 Å². The largest absolute Gasteiger partial charge is 0.450 e. The highest BCUT2D eigenvalue weighted by Gasteiger charge is 1.82. The number of carbonyl (C=O) groups is 1. The Kier molecular flexibility index (Phi) is 9.58. The van der Waals surface area contributed by atoms with Crippen molar-refractivity contribution in [2.24, 2.45) is 10.8 Å². The number of nitrogens with zero attached hydrogens (tertiary/aromatic N) is 2. The third-order valence-electron chi connectivity index (χ3n) is 0.409. The number of nitro groups is 1. The van der Waals surface area contributed by atoms with Crippen molar-refractivity contribution in [2.45, 2.75) is 6.92 Å². The van der Waals surface area contributed by atoms with Gasteiger partial charge in [0, 0.05) is 0 Å². The first-order valence-electron chi connectivity index (χ1n) is 2.69. The number of hydrogen-bond donors (Lipinski definition) is 1. The molecule has 0 heterocycles. The lowest BCUT2D eigenvalue weighted by Gasteiger charge is -1.89. The van der Waals surface area contributed by atoms with Gasteiger partial charge in [0.25, 0.3) is 0 Å². The number of hydrazone groups is 1.